The van der Waals surface area contributed by atoms with Gasteiger partial charge in [-0.3, -0.25) is 19.8 Å². The lowest BCUT2D eigenvalue weighted by atomic mass is 9.98. The van der Waals surface area contributed by atoms with E-state index >= 15 is 0 Å². The molecule has 1 fully saturated rings. The number of piperidine rings is 1. The van der Waals surface area contributed by atoms with E-state index in [1.807, 2.05) is 88.5 Å². The van der Waals surface area contributed by atoms with Crippen molar-refractivity contribution in [1.82, 2.24) is 26.1 Å². The molecule has 1 aromatic heterocycles. The first-order valence-electron chi connectivity index (χ1n) is 19.6. The van der Waals surface area contributed by atoms with E-state index in [2.05, 4.69) is 43.9 Å². The Bertz CT molecular complexity index is 1890. The van der Waals surface area contributed by atoms with E-state index in [-0.39, 0.29) is 37.3 Å². The number of carbonyl (C=O) groups is 5. The van der Waals surface area contributed by atoms with Gasteiger partial charge in [-0.05, 0) is 116 Å². The summed E-state index contributed by atoms with van der Waals surface area (Å²) in [5.41, 5.74) is 6.10. The third kappa shape index (κ3) is 21.6. The zero-order valence-corrected chi connectivity index (χ0v) is 38.6. The number of hydrogen-bond donors (Lipinski definition) is 3. The van der Waals surface area contributed by atoms with Crippen LogP contribution in [0.2, 0.25) is 0 Å². The SMILES string of the molecule is CC.CC(C)(C)OC(=O)CNC(=O)Cc1ccc(Br)cc1.CC(C)(C)OC(=O)NNC(=O)Cc1ccc(C#Cc2csc(C3CCN(C(=O)OC(C)(C)C)CC3)n2)cc1. The number of hydrogen-bond acceptors (Lipinski definition) is 10. The average Bonchev–Trinajstić information content (AvgIpc) is 3.62. The minimum atomic E-state index is -0.715. The molecule has 0 spiro atoms. The normalized spacial score (nSPS) is 12.8. The fourth-order valence-corrected chi connectivity index (χ4v) is 6.25. The van der Waals surface area contributed by atoms with Crippen molar-refractivity contribution in [3.8, 4) is 11.8 Å². The summed E-state index contributed by atoms with van der Waals surface area (Å²) in [5.74, 6) is 5.54. The molecule has 2 heterocycles. The molecule has 3 N–H and O–H groups in total. The highest BCUT2D eigenvalue weighted by Gasteiger charge is 2.28. The molecule has 0 aliphatic carbocycles. The Morgan fingerprint density at radius 1 is 0.746 bits per heavy atom. The van der Waals surface area contributed by atoms with Crippen LogP contribution in [0.4, 0.5) is 9.59 Å². The number of esters is 1. The Balaban J connectivity index is 0.000000479. The third-order valence-electron chi connectivity index (χ3n) is 7.50. The highest BCUT2D eigenvalue weighted by molar-refractivity contribution is 9.10. The van der Waals surface area contributed by atoms with Crippen molar-refractivity contribution >= 4 is 57.2 Å². The Morgan fingerprint density at radius 3 is 1.81 bits per heavy atom. The predicted octanol–water partition coefficient (Wildman–Crippen LogP) is 8.23. The summed E-state index contributed by atoms with van der Waals surface area (Å²) in [6.07, 6.45) is 1.07. The molecule has 15 heteroatoms. The summed E-state index contributed by atoms with van der Waals surface area (Å²) >= 11 is 4.93. The van der Waals surface area contributed by atoms with Gasteiger partial charge >= 0.3 is 18.2 Å². The smallest absolute Gasteiger partial charge is 0.426 e. The highest BCUT2D eigenvalue weighted by Crippen LogP contribution is 2.31. The molecule has 0 bridgehead atoms. The number of aromatic nitrogens is 1. The fraction of sp³-hybridized carbons (Fsp3) is 0.500. The molecule has 0 unspecified atom stereocenters. The first-order valence-corrected chi connectivity index (χ1v) is 21.3. The molecule has 4 amide bonds. The molecular formula is C44H60BrN5O8S. The molecule has 13 nitrogen and oxygen atoms in total. The van der Waals surface area contributed by atoms with Gasteiger partial charge in [-0.1, -0.05) is 60.0 Å². The molecule has 1 aliphatic heterocycles. The first-order chi connectivity index (χ1) is 27.5. The number of nitrogens with zero attached hydrogens (tertiary/aromatic N) is 2. The number of amides is 4. The summed E-state index contributed by atoms with van der Waals surface area (Å²) in [4.78, 5) is 65.5. The number of likely N-dealkylation sites (tertiary alicyclic amines) is 1. The van der Waals surface area contributed by atoms with Gasteiger partial charge in [-0.15, -0.1) is 11.3 Å². The van der Waals surface area contributed by atoms with Crippen LogP contribution in [-0.4, -0.2) is 76.3 Å². The van der Waals surface area contributed by atoms with Crippen LogP contribution in [0.25, 0.3) is 0 Å². The second kappa shape index (κ2) is 23.6. The Hall–Kier alpha value is -4.94. The quantitative estimate of drug-likeness (QED) is 0.0917. The number of hydrazine groups is 1. The van der Waals surface area contributed by atoms with Crippen molar-refractivity contribution in [3.05, 3.63) is 85.8 Å². The summed E-state index contributed by atoms with van der Waals surface area (Å²) < 4.78 is 16.6. The minimum absolute atomic E-state index is 0.103. The van der Waals surface area contributed by atoms with Crippen molar-refractivity contribution in [2.45, 2.75) is 125 Å². The van der Waals surface area contributed by atoms with Gasteiger partial charge in [0.1, 0.15) is 29.0 Å². The second-order valence-corrected chi connectivity index (χ2v) is 18.1. The van der Waals surface area contributed by atoms with E-state index in [0.717, 1.165) is 44.7 Å². The molecular weight excluding hydrogens is 838 g/mol. The largest absolute Gasteiger partial charge is 0.459 e. The van der Waals surface area contributed by atoms with Gasteiger partial charge in [-0.25, -0.2) is 20.0 Å². The van der Waals surface area contributed by atoms with Gasteiger partial charge in [0, 0.05) is 34.4 Å². The number of benzene rings is 2. The monoisotopic (exact) mass is 897 g/mol. The highest BCUT2D eigenvalue weighted by atomic mass is 79.9. The van der Waals surface area contributed by atoms with Gasteiger partial charge < -0.3 is 24.4 Å². The Kier molecular flexibility index (Phi) is 20.1. The predicted molar refractivity (Wildman–Crippen MR) is 234 cm³/mol. The summed E-state index contributed by atoms with van der Waals surface area (Å²) in [6, 6.07) is 14.8. The number of halogens is 1. The van der Waals surface area contributed by atoms with Gasteiger partial charge in [0.2, 0.25) is 11.8 Å². The zero-order chi connectivity index (χ0) is 44.4. The standard InChI is InChI=1S/C28H36N4O5S.C14H18BrNO3.C2H6/c1-27(2,3)36-25(34)31-30-23(33)17-20-9-7-19(8-10-20)11-12-22-18-38-24(29-22)21-13-15-32(16-14-21)26(35)37-28(4,5)6;1-14(2,3)19-13(18)9-16-12(17)8-10-4-6-11(15)7-5-10;1-2/h7-10,18,21H,13-17H2,1-6H3,(H,30,33)(H,31,34);4-7H,8-9H2,1-3H3,(H,16,17);1-2H3. The third-order valence-corrected chi connectivity index (χ3v) is 9.04. The molecule has 3 aromatic rings. The average molecular weight is 899 g/mol. The number of ether oxygens (including phenoxy) is 3. The maximum absolute atomic E-state index is 12.3. The lowest BCUT2D eigenvalue weighted by Crippen LogP contribution is -2.44. The van der Waals surface area contributed by atoms with Crippen molar-refractivity contribution < 1.29 is 38.2 Å². The molecule has 4 rings (SSSR count). The minimum Gasteiger partial charge on any atom is -0.459 e. The Morgan fingerprint density at radius 2 is 1.27 bits per heavy atom. The van der Waals surface area contributed by atoms with E-state index in [1.165, 1.54) is 0 Å². The van der Waals surface area contributed by atoms with Crippen molar-refractivity contribution in [2.75, 3.05) is 19.6 Å². The van der Waals surface area contributed by atoms with Crippen molar-refractivity contribution in [3.63, 3.8) is 0 Å². The zero-order valence-electron chi connectivity index (χ0n) is 36.2. The second-order valence-electron chi connectivity index (χ2n) is 16.3. The lowest BCUT2D eigenvalue weighted by molar-refractivity contribution is -0.154. The van der Waals surface area contributed by atoms with Crippen LogP contribution in [0.3, 0.4) is 0 Å². The van der Waals surface area contributed by atoms with E-state index < -0.39 is 28.9 Å². The molecule has 59 heavy (non-hydrogen) atoms. The Labute approximate surface area is 361 Å². The molecule has 1 saturated heterocycles. The van der Waals surface area contributed by atoms with Gasteiger partial charge in [-0.2, -0.15) is 0 Å². The number of rotatable bonds is 7. The van der Waals surface area contributed by atoms with Crippen LogP contribution in [-0.2, 0) is 41.4 Å². The topological polar surface area (TPSA) is 165 Å². The maximum Gasteiger partial charge on any atom is 0.426 e. The van der Waals surface area contributed by atoms with E-state index in [0.29, 0.717) is 19.0 Å². The van der Waals surface area contributed by atoms with E-state index in [1.54, 1.807) is 57.8 Å². The van der Waals surface area contributed by atoms with Gasteiger partial charge in [0.25, 0.3) is 0 Å². The number of carbonyl (C=O) groups excluding carboxylic acids is 5. The number of nitrogens with one attached hydrogen (secondary N) is 3. The lowest BCUT2D eigenvalue weighted by Gasteiger charge is -2.32. The molecule has 0 radical (unpaired) electrons. The number of thiazole rings is 1. The van der Waals surface area contributed by atoms with Gasteiger partial charge in [0.05, 0.1) is 17.8 Å². The van der Waals surface area contributed by atoms with Crippen LogP contribution in [0.15, 0.2) is 58.4 Å². The first kappa shape index (κ1) is 50.2. The van der Waals surface area contributed by atoms with Crippen LogP contribution in [0.1, 0.15) is 122 Å². The summed E-state index contributed by atoms with van der Waals surface area (Å²) in [5, 5.41) is 5.54. The van der Waals surface area contributed by atoms with Crippen LogP contribution < -0.4 is 16.2 Å². The van der Waals surface area contributed by atoms with Crippen LogP contribution in [0.5, 0.6) is 0 Å². The summed E-state index contributed by atoms with van der Waals surface area (Å²) in [6.45, 7) is 21.4. The maximum atomic E-state index is 12.3. The van der Waals surface area contributed by atoms with E-state index in [9.17, 15) is 24.0 Å². The molecule has 0 saturated carbocycles. The van der Waals surface area contributed by atoms with Gasteiger partial charge in [0.15, 0.2) is 0 Å². The van der Waals surface area contributed by atoms with E-state index in [4.69, 9.17) is 19.2 Å². The van der Waals surface area contributed by atoms with Crippen molar-refractivity contribution in [1.29, 1.82) is 0 Å². The molecule has 0 atom stereocenters. The summed E-state index contributed by atoms with van der Waals surface area (Å²) in [7, 11) is 0. The van der Waals surface area contributed by atoms with Crippen molar-refractivity contribution in [2.24, 2.45) is 0 Å². The van der Waals surface area contributed by atoms with Crippen LogP contribution in [0, 0.1) is 11.8 Å². The molecule has 322 valence electrons. The molecule has 1 aliphatic rings. The van der Waals surface area contributed by atoms with Crippen LogP contribution >= 0.6 is 27.3 Å². The fourth-order valence-electron chi connectivity index (χ4n) is 5.06. The molecule has 2 aromatic carbocycles.